The first kappa shape index (κ1) is 19.0. The molecule has 3 rings (SSSR count). The van der Waals surface area contributed by atoms with Crippen molar-refractivity contribution in [3.8, 4) is 5.75 Å². The van der Waals surface area contributed by atoms with Crippen LogP contribution in [-0.4, -0.2) is 38.7 Å². The first-order chi connectivity index (χ1) is 13.1. The Hall–Kier alpha value is -2.80. The van der Waals surface area contributed by atoms with Crippen LogP contribution in [0.2, 0.25) is 0 Å². The van der Waals surface area contributed by atoms with E-state index in [0.717, 1.165) is 24.2 Å². The average molecular weight is 372 g/mol. The summed E-state index contributed by atoms with van der Waals surface area (Å²) < 4.78 is 16.2. The number of hydrogen-bond donors (Lipinski definition) is 2. The summed E-state index contributed by atoms with van der Waals surface area (Å²) in [6, 6.07) is 11.2. The molecule has 27 heavy (non-hydrogen) atoms. The van der Waals surface area contributed by atoms with E-state index < -0.39 is 11.8 Å². The molecule has 1 aliphatic rings. The second-order valence-corrected chi connectivity index (χ2v) is 6.54. The van der Waals surface area contributed by atoms with Crippen molar-refractivity contribution in [2.45, 2.75) is 24.8 Å². The summed E-state index contributed by atoms with van der Waals surface area (Å²) in [6.07, 6.45) is 2.99. The van der Waals surface area contributed by atoms with Crippen molar-refractivity contribution in [3.05, 3.63) is 54.0 Å². The number of carbonyl (C=O) groups is 2. The Morgan fingerprint density at radius 2 is 1.81 bits per heavy atom. The van der Waals surface area contributed by atoms with E-state index in [2.05, 4.69) is 10.6 Å². The van der Waals surface area contributed by atoms with Crippen LogP contribution in [0.4, 0.5) is 0 Å². The number of ether oxygens (including phenoxy) is 2. The molecule has 0 radical (unpaired) electrons. The molecule has 0 saturated carbocycles. The fraction of sp³-hybridized carbons (Fsp3) is 0.400. The van der Waals surface area contributed by atoms with Crippen LogP contribution in [0.25, 0.3) is 0 Å². The van der Waals surface area contributed by atoms with E-state index in [-0.39, 0.29) is 12.0 Å². The van der Waals surface area contributed by atoms with Crippen molar-refractivity contribution in [2.24, 2.45) is 0 Å². The number of carbonyl (C=O) groups excluding carboxylic acids is 2. The van der Waals surface area contributed by atoms with Crippen molar-refractivity contribution < 1.29 is 23.5 Å². The second-order valence-electron chi connectivity index (χ2n) is 6.54. The van der Waals surface area contributed by atoms with Gasteiger partial charge in [0.05, 0.1) is 19.9 Å². The molecule has 0 atom stereocenters. The molecule has 2 heterocycles. The van der Waals surface area contributed by atoms with Gasteiger partial charge in [0.25, 0.3) is 0 Å². The van der Waals surface area contributed by atoms with Crippen LogP contribution >= 0.6 is 0 Å². The Morgan fingerprint density at radius 3 is 2.52 bits per heavy atom. The van der Waals surface area contributed by atoms with Gasteiger partial charge in [0.2, 0.25) is 0 Å². The van der Waals surface area contributed by atoms with E-state index in [0.29, 0.717) is 25.5 Å². The van der Waals surface area contributed by atoms with Crippen LogP contribution in [-0.2, 0) is 26.3 Å². The predicted octanol–water partition coefficient (Wildman–Crippen LogP) is 1.77. The van der Waals surface area contributed by atoms with Crippen LogP contribution in [0.15, 0.2) is 47.1 Å². The minimum Gasteiger partial charge on any atom is -0.496 e. The zero-order valence-electron chi connectivity index (χ0n) is 15.3. The fourth-order valence-electron chi connectivity index (χ4n) is 3.38. The van der Waals surface area contributed by atoms with Gasteiger partial charge in [-0.1, -0.05) is 18.2 Å². The number of furan rings is 1. The maximum atomic E-state index is 12.3. The van der Waals surface area contributed by atoms with Gasteiger partial charge in [-0.3, -0.25) is 9.59 Å². The molecule has 0 spiro atoms. The Morgan fingerprint density at radius 1 is 1.07 bits per heavy atom. The van der Waals surface area contributed by atoms with Gasteiger partial charge in [-0.15, -0.1) is 0 Å². The first-order valence-electron chi connectivity index (χ1n) is 8.94. The summed E-state index contributed by atoms with van der Waals surface area (Å²) in [6.45, 7) is 1.70. The van der Waals surface area contributed by atoms with Gasteiger partial charge >= 0.3 is 11.8 Å². The molecular formula is C20H24N2O5. The highest BCUT2D eigenvalue weighted by molar-refractivity contribution is 6.35. The van der Waals surface area contributed by atoms with Gasteiger partial charge in [-0.2, -0.15) is 0 Å². The molecule has 1 aromatic carbocycles. The minimum absolute atomic E-state index is 0.171. The summed E-state index contributed by atoms with van der Waals surface area (Å²) in [5.74, 6) is 0.0120. The Bertz CT molecular complexity index is 766. The van der Waals surface area contributed by atoms with Crippen LogP contribution in [0.1, 0.15) is 24.2 Å². The number of methoxy groups -OCH3 is 1. The molecule has 2 N–H and O–H groups in total. The van der Waals surface area contributed by atoms with Crippen molar-refractivity contribution in [1.29, 1.82) is 0 Å². The molecule has 0 unspecified atom stereocenters. The minimum atomic E-state index is -0.686. The summed E-state index contributed by atoms with van der Waals surface area (Å²) >= 11 is 0. The molecule has 7 heteroatoms. The molecule has 7 nitrogen and oxygen atoms in total. The van der Waals surface area contributed by atoms with Crippen molar-refractivity contribution in [2.75, 3.05) is 26.9 Å². The standard InChI is InChI=1S/C20H24N2O5/c1-25-17-7-3-2-6-16(17)20(8-11-26-12-9-20)14-22-19(24)18(23)21-13-15-5-4-10-27-15/h2-7,10H,8-9,11-14H2,1H3,(H,21,23)(H,22,24). The Balaban J connectivity index is 1.66. The van der Waals surface area contributed by atoms with Gasteiger partial charge in [0.15, 0.2) is 0 Å². The maximum absolute atomic E-state index is 12.3. The first-order valence-corrected chi connectivity index (χ1v) is 8.94. The summed E-state index contributed by atoms with van der Waals surface area (Å²) in [5, 5.41) is 5.33. The average Bonchev–Trinajstić information content (AvgIpc) is 3.24. The van der Waals surface area contributed by atoms with Gasteiger partial charge in [-0.25, -0.2) is 0 Å². The zero-order chi connectivity index (χ0) is 19.1. The third kappa shape index (κ3) is 4.49. The number of amides is 2. The van der Waals surface area contributed by atoms with E-state index in [1.807, 2.05) is 24.3 Å². The number of nitrogens with one attached hydrogen (secondary N) is 2. The highest BCUT2D eigenvalue weighted by Crippen LogP contribution is 2.39. The summed E-state index contributed by atoms with van der Waals surface area (Å²) in [4.78, 5) is 24.3. The fourth-order valence-corrected chi connectivity index (χ4v) is 3.38. The third-order valence-electron chi connectivity index (χ3n) is 4.93. The molecule has 1 fully saturated rings. The largest absolute Gasteiger partial charge is 0.496 e. The lowest BCUT2D eigenvalue weighted by Gasteiger charge is -2.38. The van der Waals surface area contributed by atoms with E-state index in [9.17, 15) is 9.59 Å². The van der Waals surface area contributed by atoms with Gasteiger partial charge < -0.3 is 24.5 Å². The van der Waals surface area contributed by atoms with Crippen LogP contribution in [0.5, 0.6) is 5.75 Å². The van der Waals surface area contributed by atoms with Gasteiger partial charge in [0, 0.05) is 30.7 Å². The van der Waals surface area contributed by atoms with Gasteiger partial charge in [0.1, 0.15) is 11.5 Å². The van der Waals surface area contributed by atoms with Crippen molar-refractivity contribution in [1.82, 2.24) is 10.6 Å². The lowest BCUT2D eigenvalue weighted by Crippen LogP contribution is -2.48. The number of benzene rings is 1. The Kier molecular flexibility index (Phi) is 6.13. The van der Waals surface area contributed by atoms with E-state index in [1.165, 1.54) is 6.26 Å². The number of rotatable bonds is 6. The highest BCUT2D eigenvalue weighted by Gasteiger charge is 2.37. The Labute approximate surface area is 158 Å². The lowest BCUT2D eigenvalue weighted by molar-refractivity contribution is -0.139. The molecule has 144 valence electrons. The monoisotopic (exact) mass is 372 g/mol. The lowest BCUT2D eigenvalue weighted by atomic mass is 9.73. The molecule has 1 aliphatic heterocycles. The molecule has 2 amide bonds. The van der Waals surface area contributed by atoms with Crippen molar-refractivity contribution in [3.63, 3.8) is 0 Å². The van der Waals surface area contributed by atoms with E-state index >= 15 is 0 Å². The quantitative estimate of drug-likeness (QED) is 0.755. The molecular weight excluding hydrogens is 348 g/mol. The third-order valence-corrected chi connectivity index (χ3v) is 4.93. The topological polar surface area (TPSA) is 89.8 Å². The summed E-state index contributed by atoms with van der Waals surface area (Å²) in [5.41, 5.74) is 0.689. The zero-order valence-corrected chi connectivity index (χ0v) is 15.3. The summed E-state index contributed by atoms with van der Waals surface area (Å²) in [7, 11) is 1.63. The van der Waals surface area contributed by atoms with Crippen LogP contribution in [0, 0.1) is 0 Å². The molecule has 1 aromatic heterocycles. The van der Waals surface area contributed by atoms with E-state index in [1.54, 1.807) is 19.2 Å². The predicted molar refractivity (Wildman–Crippen MR) is 98.3 cm³/mol. The molecule has 2 aromatic rings. The smallest absolute Gasteiger partial charge is 0.309 e. The van der Waals surface area contributed by atoms with Gasteiger partial charge in [-0.05, 0) is 31.0 Å². The normalized spacial score (nSPS) is 15.7. The highest BCUT2D eigenvalue weighted by atomic mass is 16.5. The molecule has 0 bridgehead atoms. The van der Waals surface area contributed by atoms with E-state index in [4.69, 9.17) is 13.9 Å². The van der Waals surface area contributed by atoms with Crippen molar-refractivity contribution >= 4 is 11.8 Å². The molecule has 1 saturated heterocycles. The number of para-hydroxylation sites is 1. The van der Waals surface area contributed by atoms with Crippen LogP contribution < -0.4 is 15.4 Å². The number of hydrogen-bond acceptors (Lipinski definition) is 5. The van der Waals surface area contributed by atoms with Crippen LogP contribution in [0.3, 0.4) is 0 Å². The second kappa shape index (κ2) is 8.73. The SMILES string of the molecule is COc1ccccc1C1(CNC(=O)C(=O)NCc2ccco2)CCOCC1. The molecule has 0 aliphatic carbocycles. The maximum Gasteiger partial charge on any atom is 0.309 e.